The van der Waals surface area contributed by atoms with Gasteiger partial charge in [-0.3, -0.25) is 4.79 Å². The van der Waals surface area contributed by atoms with E-state index in [9.17, 15) is 18.0 Å². The van der Waals surface area contributed by atoms with Crippen molar-refractivity contribution in [1.82, 2.24) is 0 Å². The Bertz CT molecular complexity index is 595. The van der Waals surface area contributed by atoms with Crippen LogP contribution in [0, 0.1) is 24.4 Å². The van der Waals surface area contributed by atoms with Crippen molar-refractivity contribution < 1.29 is 18.0 Å². The van der Waals surface area contributed by atoms with Crippen molar-refractivity contribution in [1.29, 1.82) is 0 Å². The van der Waals surface area contributed by atoms with E-state index in [2.05, 4.69) is 0 Å². The molecule has 98 valence electrons. The summed E-state index contributed by atoms with van der Waals surface area (Å²) in [6.07, 6.45) is -0.169. The summed E-state index contributed by atoms with van der Waals surface area (Å²) in [5, 5.41) is 0. The first-order chi connectivity index (χ1) is 8.94. The van der Waals surface area contributed by atoms with Gasteiger partial charge >= 0.3 is 0 Å². The molecule has 0 unspecified atom stereocenters. The van der Waals surface area contributed by atoms with E-state index in [0.29, 0.717) is 5.56 Å². The number of benzene rings is 2. The van der Waals surface area contributed by atoms with Crippen LogP contribution in [0.5, 0.6) is 0 Å². The fourth-order valence-corrected chi connectivity index (χ4v) is 1.90. The maximum Gasteiger partial charge on any atom is 0.167 e. The second-order valence-corrected chi connectivity index (χ2v) is 4.39. The molecule has 0 aliphatic rings. The van der Waals surface area contributed by atoms with E-state index in [1.165, 1.54) is 6.07 Å². The van der Waals surface area contributed by atoms with Crippen LogP contribution < -0.4 is 0 Å². The summed E-state index contributed by atoms with van der Waals surface area (Å²) >= 11 is 0. The van der Waals surface area contributed by atoms with Gasteiger partial charge in [0.25, 0.3) is 0 Å². The van der Waals surface area contributed by atoms with Crippen molar-refractivity contribution >= 4 is 5.78 Å². The lowest BCUT2D eigenvalue weighted by molar-refractivity contribution is 0.0992. The molecule has 19 heavy (non-hydrogen) atoms. The molecule has 0 aromatic heterocycles. The Morgan fingerprint density at radius 3 is 2.05 bits per heavy atom. The summed E-state index contributed by atoms with van der Waals surface area (Å²) in [6.45, 7) is 1.67. The summed E-state index contributed by atoms with van der Waals surface area (Å²) in [6, 6.07) is 6.88. The molecule has 0 aliphatic carbocycles. The standard InChI is InChI=1S/C15H11F3O/c1-9-2-11(7-12(16)3-9)15(19)6-10-4-13(17)8-14(18)5-10/h2-5,7-8H,6H2,1H3. The van der Waals surface area contributed by atoms with Gasteiger partial charge in [0.2, 0.25) is 0 Å². The smallest absolute Gasteiger partial charge is 0.167 e. The Balaban J connectivity index is 2.25. The summed E-state index contributed by atoms with van der Waals surface area (Å²) in [5.74, 6) is -2.36. The summed E-state index contributed by atoms with van der Waals surface area (Å²) in [5.41, 5.74) is 1.04. The number of rotatable bonds is 3. The molecule has 2 rings (SSSR count). The first kappa shape index (κ1) is 13.3. The number of Topliss-reactive ketones (excluding diaryl/α,β-unsaturated/α-hetero) is 1. The van der Waals surface area contributed by atoms with Crippen LogP contribution in [0.15, 0.2) is 36.4 Å². The van der Waals surface area contributed by atoms with Gasteiger partial charge < -0.3 is 0 Å². The largest absolute Gasteiger partial charge is 0.294 e. The van der Waals surface area contributed by atoms with Crippen LogP contribution in [-0.4, -0.2) is 5.78 Å². The first-order valence-electron chi connectivity index (χ1n) is 5.69. The number of carbonyl (C=O) groups is 1. The number of hydrogen-bond acceptors (Lipinski definition) is 1. The Hall–Kier alpha value is -2.10. The molecule has 0 saturated carbocycles. The van der Waals surface area contributed by atoms with Gasteiger partial charge in [-0.15, -0.1) is 0 Å². The molecule has 0 saturated heterocycles. The average Bonchev–Trinajstić information content (AvgIpc) is 2.25. The Morgan fingerprint density at radius 1 is 0.895 bits per heavy atom. The highest BCUT2D eigenvalue weighted by molar-refractivity contribution is 5.97. The lowest BCUT2D eigenvalue weighted by Gasteiger charge is -2.04. The van der Waals surface area contributed by atoms with Crippen molar-refractivity contribution in [3.8, 4) is 0 Å². The van der Waals surface area contributed by atoms with Crippen LogP contribution >= 0.6 is 0 Å². The van der Waals surface area contributed by atoms with Gasteiger partial charge in [-0.2, -0.15) is 0 Å². The van der Waals surface area contributed by atoms with E-state index in [4.69, 9.17) is 0 Å². The molecule has 1 nitrogen and oxygen atoms in total. The highest BCUT2D eigenvalue weighted by Gasteiger charge is 2.10. The Labute approximate surface area is 108 Å². The van der Waals surface area contributed by atoms with E-state index in [-0.39, 0.29) is 23.3 Å². The third kappa shape index (κ3) is 3.44. The Morgan fingerprint density at radius 2 is 1.47 bits per heavy atom. The molecular formula is C15H11F3O. The molecule has 0 radical (unpaired) electrons. The predicted molar refractivity (Wildman–Crippen MR) is 65.5 cm³/mol. The van der Waals surface area contributed by atoms with E-state index in [1.807, 2.05) is 0 Å². The SMILES string of the molecule is Cc1cc(F)cc(C(=O)Cc2cc(F)cc(F)c2)c1. The van der Waals surface area contributed by atoms with Crippen molar-refractivity contribution in [2.75, 3.05) is 0 Å². The molecule has 0 bridgehead atoms. The molecule has 2 aromatic rings. The van der Waals surface area contributed by atoms with Crippen molar-refractivity contribution in [2.24, 2.45) is 0 Å². The second-order valence-electron chi connectivity index (χ2n) is 4.39. The molecule has 0 N–H and O–H groups in total. The molecule has 0 spiro atoms. The van der Waals surface area contributed by atoms with Crippen LogP contribution in [0.25, 0.3) is 0 Å². The number of ketones is 1. The highest BCUT2D eigenvalue weighted by Crippen LogP contribution is 2.14. The fraction of sp³-hybridized carbons (Fsp3) is 0.133. The third-order valence-electron chi connectivity index (χ3n) is 2.65. The average molecular weight is 264 g/mol. The second kappa shape index (κ2) is 5.26. The summed E-state index contributed by atoms with van der Waals surface area (Å²) < 4.78 is 39.2. The highest BCUT2D eigenvalue weighted by atomic mass is 19.1. The zero-order valence-corrected chi connectivity index (χ0v) is 10.2. The maximum atomic E-state index is 13.2. The van der Waals surface area contributed by atoms with Gasteiger partial charge in [-0.05, 0) is 48.4 Å². The first-order valence-corrected chi connectivity index (χ1v) is 5.69. The molecule has 0 fully saturated rings. The van der Waals surface area contributed by atoms with Gasteiger partial charge in [-0.25, -0.2) is 13.2 Å². The number of carbonyl (C=O) groups excluding carboxylic acids is 1. The molecular weight excluding hydrogens is 253 g/mol. The monoisotopic (exact) mass is 264 g/mol. The van der Waals surface area contributed by atoms with Gasteiger partial charge in [0.1, 0.15) is 17.5 Å². The van der Waals surface area contributed by atoms with E-state index < -0.39 is 17.5 Å². The number of aryl methyl sites for hydroxylation is 1. The van der Waals surface area contributed by atoms with E-state index >= 15 is 0 Å². The molecule has 0 amide bonds. The normalized spacial score (nSPS) is 10.5. The van der Waals surface area contributed by atoms with Gasteiger partial charge in [0, 0.05) is 18.1 Å². The van der Waals surface area contributed by atoms with Crippen molar-refractivity contribution in [3.05, 3.63) is 70.5 Å². The van der Waals surface area contributed by atoms with E-state index in [1.54, 1.807) is 13.0 Å². The molecule has 0 atom stereocenters. The molecule has 4 heteroatoms. The quantitative estimate of drug-likeness (QED) is 0.770. The van der Waals surface area contributed by atoms with Crippen LogP contribution in [0.4, 0.5) is 13.2 Å². The zero-order valence-electron chi connectivity index (χ0n) is 10.2. The van der Waals surface area contributed by atoms with Crippen molar-refractivity contribution in [2.45, 2.75) is 13.3 Å². The minimum absolute atomic E-state index is 0.169. The maximum absolute atomic E-state index is 13.2. The molecule has 0 heterocycles. The van der Waals surface area contributed by atoms with Gasteiger partial charge in [0.15, 0.2) is 5.78 Å². The lowest BCUT2D eigenvalue weighted by Crippen LogP contribution is -2.05. The number of halogens is 3. The van der Waals surface area contributed by atoms with E-state index in [0.717, 1.165) is 24.3 Å². The van der Waals surface area contributed by atoms with Gasteiger partial charge in [0.05, 0.1) is 0 Å². The van der Waals surface area contributed by atoms with Crippen LogP contribution in [0.3, 0.4) is 0 Å². The number of hydrogen-bond donors (Lipinski definition) is 0. The summed E-state index contributed by atoms with van der Waals surface area (Å²) in [4.78, 5) is 11.9. The minimum atomic E-state index is -0.738. The minimum Gasteiger partial charge on any atom is -0.294 e. The van der Waals surface area contributed by atoms with Gasteiger partial charge in [-0.1, -0.05) is 0 Å². The topological polar surface area (TPSA) is 17.1 Å². The van der Waals surface area contributed by atoms with Crippen LogP contribution in [0.1, 0.15) is 21.5 Å². The Kier molecular flexibility index (Phi) is 3.69. The summed E-state index contributed by atoms with van der Waals surface area (Å²) in [7, 11) is 0. The molecule has 2 aromatic carbocycles. The lowest BCUT2D eigenvalue weighted by atomic mass is 10.0. The van der Waals surface area contributed by atoms with Crippen LogP contribution in [0.2, 0.25) is 0 Å². The van der Waals surface area contributed by atoms with Crippen molar-refractivity contribution in [3.63, 3.8) is 0 Å². The zero-order chi connectivity index (χ0) is 14.0. The third-order valence-corrected chi connectivity index (χ3v) is 2.65. The predicted octanol–water partition coefficient (Wildman–Crippen LogP) is 3.84. The fourth-order valence-electron chi connectivity index (χ4n) is 1.90. The van der Waals surface area contributed by atoms with Crippen LogP contribution in [-0.2, 0) is 6.42 Å². The molecule has 0 aliphatic heterocycles.